The third-order valence-corrected chi connectivity index (χ3v) is 11.1. The van der Waals surface area contributed by atoms with Crippen molar-refractivity contribution in [3.05, 3.63) is 193 Å². The monoisotopic (exact) mass is 704 g/mol. The highest BCUT2D eigenvalue weighted by molar-refractivity contribution is 6.02. The molecule has 260 valence electrons. The Hall–Kier alpha value is -7.04. The number of rotatable bonds is 6. The van der Waals surface area contributed by atoms with E-state index in [0.29, 0.717) is 17.5 Å². The summed E-state index contributed by atoms with van der Waals surface area (Å²) >= 11 is 0. The van der Waals surface area contributed by atoms with Crippen molar-refractivity contribution in [3.8, 4) is 78.7 Å². The van der Waals surface area contributed by atoms with E-state index in [1.54, 1.807) is 6.20 Å². The number of nitrogens with zero attached hydrogens (tertiary/aromatic N) is 4. The molecule has 0 aliphatic heterocycles. The first-order chi connectivity index (χ1) is 27.0. The van der Waals surface area contributed by atoms with Gasteiger partial charge in [-0.2, -0.15) is 0 Å². The molecule has 4 nitrogen and oxygen atoms in total. The first kappa shape index (κ1) is 32.6. The highest BCUT2D eigenvalue weighted by atomic mass is 15.0. The standard InChI is InChI=1S/C51H36N4/c1-51(2)45-29-27-37-9-6-7-13-43(37)47(45)44-28-26-41(31-46(44)51)35-16-14-33(15-17-35)34-18-22-39(23-19-34)49-53-48(38-10-4-3-5-11-38)54-50(55-49)40-24-20-36(21-25-40)42-12-8-30-52-32-42/h3-32H,1-2H3. The summed E-state index contributed by atoms with van der Waals surface area (Å²) in [6.07, 6.45) is 3.66. The van der Waals surface area contributed by atoms with Gasteiger partial charge in [-0.05, 0) is 78.5 Å². The SMILES string of the molecule is CC1(C)c2cc(-c3ccc(-c4ccc(-c5nc(-c6ccccc6)nc(-c6ccc(-c7cccnc7)cc6)n5)cc4)cc3)ccc2-c2c1ccc1ccccc21. The molecule has 1 aliphatic rings. The Morgan fingerprint density at radius 3 is 1.47 bits per heavy atom. The number of benzene rings is 7. The smallest absolute Gasteiger partial charge is 0.164 e. The van der Waals surface area contributed by atoms with Crippen LogP contribution in [0.5, 0.6) is 0 Å². The molecule has 0 radical (unpaired) electrons. The molecule has 0 atom stereocenters. The highest BCUT2D eigenvalue weighted by Gasteiger charge is 2.36. The lowest BCUT2D eigenvalue weighted by Gasteiger charge is -2.22. The molecule has 4 heteroatoms. The number of hydrogen-bond acceptors (Lipinski definition) is 4. The normalized spacial score (nSPS) is 12.7. The molecule has 0 unspecified atom stereocenters. The minimum absolute atomic E-state index is 0.0710. The lowest BCUT2D eigenvalue weighted by Crippen LogP contribution is -2.15. The predicted octanol–water partition coefficient (Wildman–Crippen LogP) is 12.7. The Morgan fingerprint density at radius 1 is 0.382 bits per heavy atom. The predicted molar refractivity (Wildman–Crippen MR) is 225 cm³/mol. The van der Waals surface area contributed by atoms with Crippen LogP contribution in [0.2, 0.25) is 0 Å². The van der Waals surface area contributed by atoms with Crippen LogP contribution >= 0.6 is 0 Å². The third kappa shape index (κ3) is 5.80. The average Bonchev–Trinajstić information content (AvgIpc) is 3.49. The van der Waals surface area contributed by atoms with Gasteiger partial charge in [-0.15, -0.1) is 0 Å². The topological polar surface area (TPSA) is 51.6 Å². The van der Waals surface area contributed by atoms with Crippen LogP contribution in [0.25, 0.3) is 89.4 Å². The lowest BCUT2D eigenvalue weighted by molar-refractivity contribution is 0.661. The molecule has 2 heterocycles. The van der Waals surface area contributed by atoms with Crippen LogP contribution in [0.4, 0.5) is 0 Å². The molecular formula is C51H36N4. The van der Waals surface area contributed by atoms with Crippen LogP contribution in [-0.2, 0) is 5.41 Å². The Morgan fingerprint density at radius 2 is 0.873 bits per heavy atom. The molecule has 0 fully saturated rings. The summed E-state index contributed by atoms with van der Waals surface area (Å²) in [5.74, 6) is 1.91. The second-order valence-corrected chi connectivity index (χ2v) is 14.7. The van der Waals surface area contributed by atoms with Crippen LogP contribution < -0.4 is 0 Å². The van der Waals surface area contributed by atoms with Crippen LogP contribution in [0.15, 0.2) is 182 Å². The van der Waals surface area contributed by atoms with E-state index >= 15 is 0 Å². The van der Waals surface area contributed by atoms with Crippen LogP contribution in [0.3, 0.4) is 0 Å². The van der Waals surface area contributed by atoms with E-state index in [4.69, 9.17) is 15.0 Å². The van der Waals surface area contributed by atoms with Crippen molar-refractivity contribution < 1.29 is 0 Å². The van der Waals surface area contributed by atoms with Crippen molar-refractivity contribution in [2.45, 2.75) is 19.3 Å². The van der Waals surface area contributed by atoms with Crippen LogP contribution in [0.1, 0.15) is 25.0 Å². The summed E-state index contributed by atoms with van der Waals surface area (Å²) in [7, 11) is 0. The largest absolute Gasteiger partial charge is 0.264 e. The molecule has 1 aliphatic carbocycles. The van der Waals surface area contributed by atoms with E-state index in [2.05, 4.69) is 152 Å². The maximum atomic E-state index is 4.98. The fourth-order valence-corrected chi connectivity index (χ4v) is 8.05. The van der Waals surface area contributed by atoms with Gasteiger partial charge in [0.15, 0.2) is 17.5 Å². The third-order valence-electron chi connectivity index (χ3n) is 11.1. The lowest BCUT2D eigenvalue weighted by atomic mass is 9.81. The maximum Gasteiger partial charge on any atom is 0.164 e. The second kappa shape index (κ2) is 13.1. The van der Waals surface area contributed by atoms with Gasteiger partial charge in [0.1, 0.15) is 0 Å². The minimum Gasteiger partial charge on any atom is -0.264 e. The molecule has 10 rings (SSSR count). The summed E-state index contributed by atoms with van der Waals surface area (Å²) in [6, 6.07) is 60.1. The molecule has 0 bridgehead atoms. The summed E-state index contributed by atoms with van der Waals surface area (Å²) in [4.78, 5) is 19.1. The van der Waals surface area contributed by atoms with Crippen molar-refractivity contribution in [2.75, 3.05) is 0 Å². The Labute approximate surface area is 320 Å². The van der Waals surface area contributed by atoms with Gasteiger partial charge < -0.3 is 0 Å². The van der Waals surface area contributed by atoms with Crippen molar-refractivity contribution in [1.82, 2.24) is 19.9 Å². The van der Waals surface area contributed by atoms with Gasteiger partial charge in [0.25, 0.3) is 0 Å². The zero-order valence-electron chi connectivity index (χ0n) is 30.6. The van der Waals surface area contributed by atoms with E-state index < -0.39 is 0 Å². The Balaban J connectivity index is 0.942. The molecule has 0 saturated carbocycles. The van der Waals surface area contributed by atoms with E-state index in [0.717, 1.165) is 38.9 Å². The molecule has 0 saturated heterocycles. The van der Waals surface area contributed by atoms with E-state index in [-0.39, 0.29) is 5.41 Å². The maximum absolute atomic E-state index is 4.98. The van der Waals surface area contributed by atoms with Crippen LogP contribution in [0, 0.1) is 0 Å². The van der Waals surface area contributed by atoms with Gasteiger partial charge in [-0.3, -0.25) is 4.98 Å². The number of aromatic nitrogens is 4. The Bertz CT molecular complexity index is 2840. The highest BCUT2D eigenvalue weighted by Crippen LogP contribution is 2.52. The van der Waals surface area contributed by atoms with Crippen molar-refractivity contribution in [1.29, 1.82) is 0 Å². The van der Waals surface area contributed by atoms with Gasteiger partial charge >= 0.3 is 0 Å². The molecule has 9 aromatic rings. The minimum atomic E-state index is -0.0710. The second-order valence-electron chi connectivity index (χ2n) is 14.7. The summed E-state index contributed by atoms with van der Waals surface area (Å²) < 4.78 is 0. The van der Waals surface area contributed by atoms with Crippen LogP contribution in [-0.4, -0.2) is 19.9 Å². The molecule has 0 spiro atoms. The summed E-state index contributed by atoms with van der Waals surface area (Å²) in [5.41, 5.74) is 15.1. The van der Waals surface area contributed by atoms with Crippen molar-refractivity contribution in [3.63, 3.8) is 0 Å². The molecule has 0 N–H and O–H groups in total. The first-order valence-corrected chi connectivity index (χ1v) is 18.7. The number of hydrogen-bond donors (Lipinski definition) is 0. The molecule has 55 heavy (non-hydrogen) atoms. The van der Waals surface area contributed by atoms with Gasteiger partial charge in [0.05, 0.1) is 0 Å². The van der Waals surface area contributed by atoms with E-state index in [1.165, 1.54) is 44.2 Å². The van der Waals surface area contributed by atoms with Gasteiger partial charge in [-0.1, -0.05) is 172 Å². The summed E-state index contributed by atoms with van der Waals surface area (Å²) in [5, 5.41) is 2.62. The fourth-order valence-electron chi connectivity index (χ4n) is 8.05. The number of pyridine rings is 1. The van der Waals surface area contributed by atoms with Gasteiger partial charge in [-0.25, -0.2) is 15.0 Å². The molecule has 2 aromatic heterocycles. The first-order valence-electron chi connectivity index (χ1n) is 18.7. The Kier molecular flexibility index (Phi) is 7.77. The quantitative estimate of drug-likeness (QED) is 0.173. The average molecular weight is 705 g/mol. The number of fused-ring (bicyclic) bond motifs is 5. The van der Waals surface area contributed by atoms with Gasteiger partial charge in [0, 0.05) is 34.5 Å². The van der Waals surface area contributed by atoms with Crippen molar-refractivity contribution in [2.24, 2.45) is 0 Å². The van der Waals surface area contributed by atoms with E-state index in [1.807, 2.05) is 42.6 Å². The zero-order chi connectivity index (χ0) is 36.9. The molecule has 0 amide bonds. The van der Waals surface area contributed by atoms with E-state index in [9.17, 15) is 0 Å². The summed E-state index contributed by atoms with van der Waals surface area (Å²) in [6.45, 7) is 4.70. The zero-order valence-corrected chi connectivity index (χ0v) is 30.6. The fraction of sp³-hybridized carbons (Fsp3) is 0.0588. The van der Waals surface area contributed by atoms with Crippen molar-refractivity contribution >= 4 is 10.8 Å². The van der Waals surface area contributed by atoms with Gasteiger partial charge in [0.2, 0.25) is 0 Å². The molecule has 7 aromatic carbocycles. The molecular weight excluding hydrogens is 669 g/mol.